The van der Waals surface area contributed by atoms with E-state index in [1.807, 2.05) is 6.92 Å². The van der Waals surface area contributed by atoms with Crippen molar-refractivity contribution in [2.45, 2.75) is 32.7 Å². The van der Waals surface area contributed by atoms with Crippen LogP contribution in [0, 0.1) is 5.41 Å². The van der Waals surface area contributed by atoms with Crippen LogP contribution in [0.2, 0.25) is 0 Å². The lowest BCUT2D eigenvalue weighted by atomic mass is 10.1. The quantitative estimate of drug-likeness (QED) is 0.378. The fraction of sp³-hybridized carbons (Fsp3) is 0.750. The normalized spacial score (nSPS) is 10.7. The summed E-state index contributed by atoms with van der Waals surface area (Å²) in [5.41, 5.74) is 4.51. The van der Waals surface area contributed by atoms with Gasteiger partial charge in [-0.05, 0) is 20.3 Å². The van der Waals surface area contributed by atoms with Crippen LogP contribution < -0.4 is 16.4 Å². The molecule has 0 saturated heterocycles. The average molecular weight is 186 g/mol. The topological polar surface area (TPSA) is 91.0 Å². The molecule has 5 nitrogen and oxygen atoms in total. The molecular formula is C8H18N4O. The molecule has 0 heterocycles. The number of carbonyl (C=O) groups is 1. The number of nitrogens with two attached hydrogens (primary N) is 1. The van der Waals surface area contributed by atoms with Gasteiger partial charge in [0, 0.05) is 6.54 Å². The van der Waals surface area contributed by atoms with Crippen molar-refractivity contribution in [3.05, 3.63) is 0 Å². The van der Waals surface area contributed by atoms with Crippen molar-refractivity contribution in [3.63, 3.8) is 0 Å². The van der Waals surface area contributed by atoms with Gasteiger partial charge in [-0.1, -0.05) is 6.92 Å². The SMILES string of the molecule is CCCNC(=O)NC(C)(C)C(=N)N. The van der Waals surface area contributed by atoms with Gasteiger partial charge >= 0.3 is 6.03 Å². The zero-order valence-electron chi connectivity index (χ0n) is 8.40. The largest absolute Gasteiger partial charge is 0.386 e. The summed E-state index contributed by atoms with van der Waals surface area (Å²) >= 11 is 0. The van der Waals surface area contributed by atoms with Gasteiger partial charge in [-0.3, -0.25) is 5.41 Å². The Kier molecular flexibility index (Phi) is 4.23. The first-order valence-corrected chi connectivity index (χ1v) is 4.30. The van der Waals surface area contributed by atoms with Crippen LogP contribution in [0.15, 0.2) is 0 Å². The number of carbonyl (C=O) groups excluding carboxylic acids is 1. The molecular weight excluding hydrogens is 168 g/mol. The number of nitrogens with one attached hydrogen (secondary N) is 3. The Labute approximate surface area is 78.6 Å². The summed E-state index contributed by atoms with van der Waals surface area (Å²) in [6.07, 6.45) is 0.883. The number of amides is 2. The van der Waals surface area contributed by atoms with Crippen LogP contribution in [0.4, 0.5) is 4.79 Å². The molecule has 0 aromatic heterocycles. The van der Waals surface area contributed by atoms with E-state index < -0.39 is 5.54 Å². The number of rotatable bonds is 4. The van der Waals surface area contributed by atoms with Gasteiger partial charge in [-0.15, -0.1) is 0 Å². The average Bonchev–Trinajstić information content (AvgIpc) is 1.99. The van der Waals surface area contributed by atoms with Gasteiger partial charge in [-0.2, -0.15) is 0 Å². The zero-order chi connectivity index (χ0) is 10.5. The van der Waals surface area contributed by atoms with Crippen molar-refractivity contribution in [2.24, 2.45) is 5.73 Å². The van der Waals surface area contributed by atoms with E-state index in [4.69, 9.17) is 11.1 Å². The maximum Gasteiger partial charge on any atom is 0.315 e. The molecule has 76 valence electrons. The van der Waals surface area contributed by atoms with Gasteiger partial charge in [-0.25, -0.2) is 4.79 Å². The molecule has 0 rings (SSSR count). The summed E-state index contributed by atoms with van der Waals surface area (Å²) in [5.74, 6) is -0.0563. The summed E-state index contributed by atoms with van der Waals surface area (Å²) in [7, 11) is 0. The van der Waals surface area contributed by atoms with Gasteiger partial charge in [0.1, 0.15) is 5.84 Å². The van der Waals surface area contributed by atoms with E-state index in [9.17, 15) is 4.79 Å². The molecule has 0 unspecified atom stereocenters. The highest BCUT2D eigenvalue weighted by molar-refractivity contribution is 5.90. The van der Waals surface area contributed by atoms with Crippen LogP contribution in [0.5, 0.6) is 0 Å². The molecule has 0 aliphatic carbocycles. The Morgan fingerprint density at radius 3 is 2.46 bits per heavy atom. The van der Waals surface area contributed by atoms with Crippen LogP contribution in [0.25, 0.3) is 0 Å². The molecule has 0 aromatic carbocycles. The monoisotopic (exact) mass is 186 g/mol. The van der Waals surface area contributed by atoms with Crippen LogP contribution >= 0.6 is 0 Å². The van der Waals surface area contributed by atoms with Crippen molar-refractivity contribution in [1.29, 1.82) is 5.41 Å². The van der Waals surface area contributed by atoms with Crippen LogP contribution in [0.3, 0.4) is 0 Å². The van der Waals surface area contributed by atoms with Crippen molar-refractivity contribution < 1.29 is 4.79 Å². The molecule has 0 aromatic rings. The van der Waals surface area contributed by atoms with E-state index in [-0.39, 0.29) is 11.9 Å². The Hall–Kier alpha value is -1.26. The second-order valence-corrected chi connectivity index (χ2v) is 3.42. The maximum absolute atomic E-state index is 11.1. The predicted molar refractivity (Wildman–Crippen MR) is 52.8 cm³/mol. The van der Waals surface area contributed by atoms with Gasteiger partial charge < -0.3 is 16.4 Å². The Balaban J connectivity index is 3.97. The smallest absolute Gasteiger partial charge is 0.315 e. The minimum Gasteiger partial charge on any atom is -0.386 e. The van der Waals surface area contributed by atoms with Crippen molar-refractivity contribution in [2.75, 3.05) is 6.54 Å². The third kappa shape index (κ3) is 4.35. The molecule has 5 heteroatoms. The summed E-state index contributed by atoms with van der Waals surface area (Å²) < 4.78 is 0. The maximum atomic E-state index is 11.1. The van der Waals surface area contributed by atoms with Crippen LogP contribution in [-0.4, -0.2) is 24.0 Å². The molecule has 13 heavy (non-hydrogen) atoms. The Bertz CT molecular complexity index is 200. The Morgan fingerprint density at radius 1 is 1.54 bits per heavy atom. The first-order valence-electron chi connectivity index (χ1n) is 4.30. The number of hydrogen-bond donors (Lipinski definition) is 4. The summed E-state index contributed by atoms with van der Waals surface area (Å²) in [6, 6.07) is -0.290. The van der Waals surface area contributed by atoms with Gasteiger partial charge in [0.05, 0.1) is 5.54 Å². The Morgan fingerprint density at radius 2 is 2.08 bits per heavy atom. The molecule has 0 bridgehead atoms. The lowest BCUT2D eigenvalue weighted by Gasteiger charge is -2.24. The summed E-state index contributed by atoms with van der Waals surface area (Å²) in [4.78, 5) is 11.1. The molecule has 5 N–H and O–H groups in total. The molecule has 2 amide bonds. The first-order chi connectivity index (χ1) is 5.90. The van der Waals surface area contributed by atoms with Gasteiger partial charge in [0.15, 0.2) is 0 Å². The van der Waals surface area contributed by atoms with Crippen molar-refractivity contribution >= 4 is 11.9 Å². The van der Waals surface area contributed by atoms with Gasteiger partial charge in [0.2, 0.25) is 0 Å². The minimum atomic E-state index is -0.780. The standard InChI is InChI=1S/C8H18N4O/c1-4-5-11-7(13)12-8(2,3)6(9)10/h4-5H2,1-3H3,(H3,9,10)(H2,11,12,13). The van der Waals surface area contributed by atoms with E-state index in [0.717, 1.165) is 6.42 Å². The zero-order valence-corrected chi connectivity index (χ0v) is 8.40. The summed E-state index contributed by atoms with van der Waals surface area (Å²) in [6.45, 7) is 5.96. The number of hydrogen-bond acceptors (Lipinski definition) is 2. The van der Waals surface area contributed by atoms with Gasteiger partial charge in [0.25, 0.3) is 0 Å². The summed E-state index contributed by atoms with van der Waals surface area (Å²) in [5, 5.41) is 12.4. The lowest BCUT2D eigenvalue weighted by Crippen LogP contribution is -2.55. The molecule has 0 fully saturated rings. The van der Waals surface area contributed by atoms with Crippen LogP contribution in [0.1, 0.15) is 27.2 Å². The van der Waals surface area contributed by atoms with Crippen molar-refractivity contribution in [1.82, 2.24) is 10.6 Å². The molecule has 0 spiro atoms. The number of urea groups is 1. The molecule has 0 atom stereocenters. The highest BCUT2D eigenvalue weighted by Gasteiger charge is 2.23. The van der Waals surface area contributed by atoms with Crippen LogP contribution in [-0.2, 0) is 0 Å². The van der Waals surface area contributed by atoms with E-state index in [2.05, 4.69) is 10.6 Å². The third-order valence-electron chi connectivity index (χ3n) is 1.63. The molecule has 0 aliphatic heterocycles. The van der Waals surface area contributed by atoms with E-state index >= 15 is 0 Å². The second-order valence-electron chi connectivity index (χ2n) is 3.42. The highest BCUT2D eigenvalue weighted by Crippen LogP contribution is 1.99. The fourth-order valence-electron chi connectivity index (χ4n) is 0.634. The highest BCUT2D eigenvalue weighted by atomic mass is 16.2. The minimum absolute atomic E-state index is 0.0563. The molecule has 0 saturated carbocycles. The number of amidine groups is 1. The van der Waals surface area contributed by atoms with Crippen molar-refractivity contribution in [3.8, 4) is 0 Å². The fourth-order valence-corrected chi connectivity index (χ4v) is 0.634. The van der Waals surface area contributed by atoms with E-state index in [1.165, 1.54) is 0 Å². The van der Waals surface area contributed by atoms with E-state index in [1.54, 1.807) is 13.8 Å². The lowest BCUT2D eigenvalue weighted by molar-refractivity contribution is 0.235. The third-order valence-corrected chi connectivity index (χ3v) is 1.63. The first kappa shape index (κ1) is 11.7. The molecule has 0 aliphatic rings. The predicted octanol–water partition coefficient (Wildman–Crippen LogP) is 0.410. The second kappa shape index (κ2) is 4.69. The van der Waals surface area contributed by atoms with E-state index in [0.29, 0.717) is 6.54 Å². The molecule has 0 radical (unpaired) electrons.